The van der Waals surface area contributed by atoms with Crippen LogP contribution in [0.2, 0.25) is 0 Å². The Morgan fingerprint density at radius 1 is 1.11 bits per heavy atom. The van der Waals surface area contributed by atoms with Crippen LogP contribution in [-0.4, -0.2) is 33.2 Å². The Morgan fingerprint density at radius 2 is 1.78 bits per heavy atom. The molecule has 0 unspecified atom stereocenters. The second-order valence-electron chi connectivity index (χ2n) is 3.45. The van der Waals surface area contributed by atoms with Crippen molar-refractivity contribution in [1.82, 2.24) is 0 Å². The molecule has 0 aliphatic rings. The Hall–Kier alpha value is -1.33. The van der Waals surface area contributed by atoms with Gasteiger partial charge in [0, 0.05) is 19.3 Å². The summed E-state index contributed by atoms with van der Waals surface area (Å²) in [4.78, 5) is 0. The summed E-state index contributed by atoms with van der Waals surface area (Å²) in [6, 6.07) is 4.10. The molecule has 1 rings (SSSR count). The van der Waals surface area contributed by atoms with Gasteiger partial charge in [-0.3, -0.25) is 0 Å². The fraction of sp³-hybridized carbons (Fsp3) is 0.538. The van der Waals surface area contributed by atoms with Crippen LogP contribution in [0.4, 0.5) is 4.39 Å². The highest BCUT2D eigenvalue weighted by molar-refractivity contribution is 5.39. The van der Waals surface area contributed by atoms with E-state index in [0.29, 0.717) is 24.7 Å². The predicted octanol–water partition coefficient (Wildman–Crippen LogP) is 2.61. The molecule has 0 aromatic heterocycles. The molecule has 0 amide bonds. The van der Waals surface area contributed by atoms with Gasteiger partial charge in [0.2, 0.25) is 0 Å². The minimum absolute atomic E-state index is 0.226. The lowest BCUT2D eigenvalue weighted by Crippen LogP contribution is -2.25. The highest BCUT2D eigenvalue weighted by Crippen LogP contribution is 2.27. The summed E-state index contributed by atoms with van der Waals surface area (Å²) >= 11 is 0. The van der Waals surface area contributed by atoms with E-state index >= 15 is 0 Å². The summed E-state index contributed by atoms with van der Waals surface area (Å²) in [6.07, 6.45) is -0.435. The maximum absolute atomic E-state index is 13.0. The van der Waals surface area contributed by atoms with E-state index in [9.17, 15) is 4.39 Å². The number of rotatable bonds is 8. The number of halogens is 1. The summed E-state index contributed by atoms with van der Waals surface area (Å²) in [5, 5.41) is 0. The molecule has 0 saturated heterocycles. The molecule has 4 nitrogen and oxygen atoms in total. The molecular formula is C13H19FO4. The van der Waals surface area contributed by atoms with Crippen molar-refractivity contribution in [3.63, 3.8) is 0 Å². The fourth-order valence-corrected chi connectivity index (χ4v) is 1.43. The number of hydrogen-bond acceptors (Lipinski definition) is 4. The maximum atomic E-state index is 13.0. The minimum Gasteiger partial charge on any atom is -0.493 e. The van der Waals surface area contributed by atoms with Crippen LogP contribution < -0.4 is 9.47 Å². The van der Waals surface area contributed by atoms with Crippen LogP contribution >= 0.6 is 0 Å². The number of benzene rings is 1. The van der Waals surface area contributed by atoms with E-state index in [1.54, 1.807) is 0 Å². The lowest BCUT2D eigenvalue weighted by Gasteiger charge is -2.18. The Kier molecular flexibility index (Phi) is 6.46. The lowest BCUT2D eigenvalue weighted by atomic mass is 10.3. The van der Waals surface area contributed by atoms with Crippen molar-refractivity contribution in [2.75, 3.05) is 26.9 Å². The largest absolute Gasteiger partial charge is 0.493 e. The highest BCUT2D eigenvalue weighted by atomic mass is 19.1. The summed E-state index contributed by atoms with van der Waals surface area (Å²) in [7, 11) is 1.46. The van der Waals surface area contributed by atoms with E-state index in [-0.39, 0.29) is 12.4 Å². The summed E-state index contributed by atoms with van der Waals surface area (Å²) in [6.45, 7) is 5.06. The summed E-state index contributed by atoms with van der Waals surface area (Å²) in [5.41, 5.74) is 0. The van der Waals surface area contributed by atoms with Crippen molar-refractivity contribution in [2.45, 2.75) is 20.1 Å². The molecule has 102 valence electrons. The predicted molar refractivity (Wildman–Crippen MR) is 65.5 cm³/mol. The van der Waals surface area contributed by atoms with Gasteiger partial charge in [0.05, 0.1) is 7.11 Å². The molecule has 0 atom stereocenters. The first-order valence-electron chi connectivity index (χ1n) is 5.90. The van der Waals surface area contributed by atoms with E-state index in [2.05, 4.69) is 0 Å². The first-order valence-corrected chi connectivity index (χ1v) is 5.90. The van der Waals surface area contributed by atoms with Crippen LogP contribution in [0.3, 0.4) is 0 Å². The second kappa shape index (κ2) is 7.89. The van der Waals surface area contributed by atoms with Crippen LogP contribution in [0.1, 0.15) is 13.8 Å². The molecule has 1 aromatic rings. The summed E-state index contributed by atoms with van der Waals surface area (Å²) in [5.74, 6) is 0.440. The van der Waals surface area contributed by atoms with Gasteiger partial charge in [0.15, 0.2) is 17.8 Å². The zero-order chi connectivity index (χ0) is 13.4. The molecule has 0 bridgehead atoms. The van der Waals surface area contributed by atoms with Gasteiger partial charge in [-0.1, -0.05) is 0 Å². The van der Waals surface area contributed by atoms with Gasteiger partial charge in [-0.2, -0.15) is 0 Å². The smallest absolute Gasteiger partial charge is 0.191 e. The molecular weight excluding hydrogens is 239 g/mol. The molecule has 0 heterocycles. The quantitative estimate of drug-likeness (QED) is 0.672. The third-order valence-corrected chi connectivity index (χ3v) is 2.21. The molecule has 1 aromatic carbocycles. The van der Waals surface area contributed by atoms with E-state index in [1.807, 2.05) is 13.8 Å². The van der Waals surface area contributed by atoms with Gasteiger partial charge >= 0.3 is 0 Å². The standard InChI is InChI=1S/C13H19FO4/c1-4-16-13(17-5-2)9-18-11-7-6-10(14)8-12(11)15-3/h6-8,13H,4-5,9H2,1-3H3. The molecule has 0 aliphatic carbocycles. The minimum atomic E-state index is -0.435. The monoisotopic (exact) mass is 258 g/mol. The van der Waals surface area contributed by atoms with Gasteiger partial charge < -0.3 is 18.9 Å². The van der Waals surface area contributed by atoms with Crippen LogP contribution in [0.5, 0.6) is 11.5 Å². The zero-order valence-corrected chi connectivity index (χ0v) is 10.9. The van der Waals surface area contributed by atoms with Crippen molar-refractivity contribution in [2.24, 2.45) is 0 Å². The maximum Gasteiger partial charge on any atom is 0.191 e. The van der Waals surface area contributed by atoms with E-state index in [4.69, 9.17) is 18.9 Å². The Bertz CT molecular complexity index is 351. The van der Waals surface area contributed by atoms with Gasteiger partial charge in [0.25, 0.3) is 0 Å². The Morgan fingerprint density at radius 3 is 2.33 bits per heavy atom. The van der Waals surface area contributed by atoms with E-state index < -0.39 is 6.29 Å². The molecule has 0 N–H and O–H groups in total. The van der Waals surface area contributed by atoms with Crippen molar-refractivity contribution in [3.8, 4) is 11.5 Å². The van der Waals surface area contributed by atoms with Crippen molar-refractivity contribution >= 4 is 0 Å². The molecule has 0 fully saturated rings. The average Bonchev–Trinajstić information content (AvgIpc) is 2.37. The topological polar surface area (TPSA) is 36.9 Å². The molecule has 5 heteroatoms. The summed E-state index contributed by atoms with van der Waals surface area (Å²) < 4.78 is 34.2. The number of methoxy groups -OCH3 is 1. The van der Waals surface area contributed by atoms with Crippen LogP contribution in [0, 0.1) is 5.82 Å². The van der Waals surface area contributed by atoms with Gasteiger partial charge in [0.1, 0.15) is 12.4 Å². The molecule has 0 spiro atoms. The van der Waals surface area contributed by atoms with Crippen molar-refractivity contribution < 1.29 is 23.3 Å². The Balaban J connectivity index is 2.60. The van der Waals surface area contributed by atoms with E-state index in [0.717, 1.165) is 0 Å². The Labute approximate surface area is 107 Å². The molecule has 0 aliphatic heterocycles. The first-order chi connectivity index (χ1) is 8.71. The van der Waals surface area contributed by atoms with Gasteiger partial charge in [-0.25, -0.2) is 4.39 Å². The fourth-order valence-electron chi connectivity index (χ4n) is 1.43. The number of hydrogen-bond donors (Lipinski definition) is 0. The zero-order valence-electron chi connectivity index (χ0n) is 10.9. The van der Waals surface area contributed by atoms with Crippen LogP contribution in [0.15, 0.2) is 18.2 Å². The molecule has 0 saturated carbocycles. The highest BCUT2D eigenvalue weighted by Gasteiger charge is 2.11. The van der Waals surface area contributed by atoms with Crippen molar-refractivity contribution in [1.29, 1.82) is 0 Å². The SMILES string of the molecule is CCOC(COc1ccc(F)cc1OC)OCC. The third kappa shape index (κ3) is 4.50. The van der Waals surface area contributed by atoms with Crippen LogP contribution in [0.25, 0.3) is 0 Å². The molecule has 0 radical (unpaired) electrons. The van der Waals surface area contributed by atoms with E-state index in [1.165, 1.54) is 25.3 Å². The first kappa shape index (κ1) is 14.7. The van der Waals surface area contributed by atoms with Gasteiger partial charge in [-0.05, 0) is 26.0 Å². The lowest BCUT2D eigenvalue weighted by molar-refractivity contribution is -0.152. The third-order valence-electron chi connectivity index (χ3n) is 2.21. The van der Waals surface area contributed by atoms with Crippen molar-refractivity contribution in [3.05, 3.63) is 24.0 Å². The average molecular weight is 258 g/mol. The second-order valence-corrected chi connectivity index (χ2v) is 3.45. The number of ether oxygens (including phenoxy) is 4. The van der Waals surface area contributed by atoms with Crippen LogP contribution in [-0.2, 0) is 9.47 Å². The normalized spacial score (nSPS) is 10.7. The van der Waals surface area contributed by atoms with Gasteiger partial charge in [-0.15, -0.1) is 0 Å². The molecule has 18 heavy (non-hydrogen) atoms.